The van der Waals surface area contributed by atoms with Crippen LogP contribution < -0.4 is 10.6 Å². The summed E-state index contributed by atoms with van der Waals surface area (Å²) in [5.41, 5.74) is 2.24. The van der Waals surface area contributed by atoms with Crippen molar-refractivity contribution in [2.45, 2.75) is 20.3 Å². The topological polar surface area (TPSA) is 58.2 Å². The molecule has 0 aliphatic rings. The number of amides is 2. The van der Waals surface area contributed by atoms with Gasteiger partial charge < -0.3 is 10.6 Å². The Labute approximate surface area is 132 Å². The van der Waals surface area contributed by atoms with Gasteiger partial charge in [0.15, 0.2) is 0 Å². The number of benzene rings is 2. The lowest BCUT2D eigenvalue weighted by Gasteiger charge is -2.11. The fourth-order valence-electron chi connectivity index (χ4n) is 2.13. The standard InChI is InChI=1S/C17H16F2N2O2/c1-10-4-3-5-11(2)17(10)21-16(23)9-15(22)20-14-7-6-12(18)8-13(14)19/h3-8H,9H2,1-2H3,(H,20,22)(H,21,23). The first-order valence-corrected chi connectivity index (χ1v) is 6.98. The number of nitrogens with one attached hydrogen (secondary N) is 2. The van der Waals surface area contributed by atoms with Crippen LogP contribution in [0, 0.1) is 25.5 Å². The number of halogens is 2. The lowest BCUT2D eigenvalue weighted by atomic mass is 10.1. The lowest BCUT2D eigenvalue weighted by molar-refractivity contribution is -0.123. The van der Waals surface area contributed by atoms with Gasteiger partial charge in [0.25, 0.3) is 0 Å². The molecule has 0 unspecified atom stereocenters. The molecule has 0 aliphatic carbocycles. The highest BCUT2D eigenvalue weighted by Gasteiger charge is 2.14. The largest absolute Gasteiger partial charge is 0.325 e. The first-order chi connectivity index (χ1) is 10.9. The van der Waals surface area contributed by atoms with E-state index in [9.17, 15) is 18.4 Å². The molecule has 2 amide bonds. The van der Waals surface area contributed by atoms with E-state index in [2.05, 4.69) is 10.6 Å². The second-order valence-electron chi connectivity index (χ2n) is 5.16. The molecule has 0 aliphatic heterocycles. The van der Waals surface area contributed by atoms with Gasteiger partial charge in [0.2, 0.25) is 11.8 Å². The Morgan fingerprint density at radius 1 is 0.957 bits per heavy atom. The van der Waals surface area contributed by atoms with Crippen molar-refractivity contribution in [2.75, 3.05) is 10.6 Å². The number of anilines is 2. The van der Waals surface area contributed by atoms with Crippen LogP contribution in [0.3, 0.4) is 0 Å². The van der Waals surface area contributed by atoms with Gasteiger partial charge in [-0.25, -0.2) is 8.78 Å². The van der Waals surface area contributed by atoms with Crippen LogP contribution in [0.5, 0.6) is 0 Å². The van der Waals surface area contributed by atoms with E-state index in [4.69, 9.17) is 0 Å². The summed E-state index contributed by atoms with van der Waals surface area (Å²) < 4.78 is 26.2. The van der Waals surface area contributed by atoms with Crippen molar-refractivity contribution in [1.29, 1.82) is 0 Å². The third-order valence-corrected chi connectivity index (χ3v) is 3.27. The molecular formula is C17H16F2N2O2. The van der Waals surface area contributed by atoms with Gasteiger partial charge in [-0.2, -0.15) is 0 Å². The first-order valence-electron chi connectivity index (χ1n) is 6.98. The van der Waals surface area contributed by atoms with E-state index in [1.54, 1.807) is 0 Å². The summed E-state index contributed by atoms with van der Waals surface area (Å²) in [5, 5.41) is 4.91. The summed E-state index contributed by atoms with van der Waals surface area (Å²) in [7, 11) is 0. The zero-order valence-electron chi connectivity index (χ0n) is 12.7. The van der Waals surface area contributed by atoms with Gasteiger partial charge in [0, 0.05) is 11.8 Å². The van der Waals surface area contributed by atoms with Gasteiger partial charge in [-0.15, -0.1) is 0 Å². The average molecular weight is 318 g/mol. The summed E-state index contributed by atoms with van der Waals surface area (Å²) in [5.74, 6) is -2.83. The van der Waals surface area contributed by atoms with Crippen molar-refractivity contribution < 1.29 is 18.4 Å². The van der Waals surface area contributed by atoms with Gasteiger partial charge in [0.1, 0.15) is 18.1 Å². The van der Waals surface area contributed by atoms with Gasteiger partial charge in [-0.05, 0) is 37.1 Å². The highest BCUT2D eigenvalue weighted by atomic mass is 19.1. The highest BCUT2D eigenvalue weighted by molar-refractivity contribution is 6.08. The summed E-state index contributed by atoms with van der Waals surface area (Å²) in [6.07, 6.45) is -0.468. The molecule has 0 atom stereocenters. The molecule has 0 saturated carbocycles. The van der Waals surface area contributed by atoms with Crippen LogP contribution in [0.2, 0.25) is 0 Å². The molecule has 0 bridgehead atoms. The Bertz CT molecular complexity index is 740. The number of carbonyl (C=O) groups excluding carboxylic acids is 2. The highest BCUT2D eigenvalue weighted by Crippen LogP contribution is 2.20. The summed E-state index contributed by atoms with van der Waals surface area (Å²) in [6.45, 7) is 3.69. The Balaban J connectivity index is 1.99. The van der Waals surface area contributed by atoms with E-state index in [-0.39, 0.29) is 5.69 Å². The Hall–Kier alpha value is -2.76. The average Bonchev–Trinajstić information content (AvgIpc) is 2.46. The zero-order valence-corrected chi connectivity index (χ0v) is 12.7. The molecule has 2 rings (SSSR count). The van der Waals surface area contributed by atoms with E-state index in [1.807, 2.05) is 32.0 Å². The third-order valence-electron chi connectivity index (χ3n) is 3.27. The quantitative estimate of drug-likeness (QED) is 0.847. The van der Waals surface area contributed by atoms with Crippen molar-refractivity contribution >= 4 is 23.2 Å². The maximum Gasteiger partial charge on any atom is 0.233 e. The maximum absolute atomic E-state index is 13.4. The fraction of sp³-hybridized carbons (Fsp3) is 0.176. The number of carbonyl (C=O) groups is 2. The molecule has 0 radical (unpaired) electrons. The fourth-order valence-corrected chi connectivity index (χ4v) is 2.13. The smallest absolute Gasteiger partial charge is 0.233 e. The van der Waals surface area contributed by atoms with Crippen LogP contribution in [-0.4, -0.2) is 11.8 Å². The van der Waals surface area contributed by atoms with Crippen molar-refractivity contribution in [1.82, 2.24) is 0 Å². The molecule has 0 heterocycles. The normalized spacial score (nSPS) is 10.3. The number of para-hydroxylation sites is 1. The molecule has 120 valence electrons. The van der Waals surface area contributed by atoms with E-state index in [0.717, 1.165) is 23.3 Å². The van der Waals surface area contributed by atoms with E-state index in [0.29, 0.717) is 11.8 Å². The molecular weight excluding hydrogens is 302 g/mol. The molecule has 23 heavy (non-hydrogen) atoms. The predicted molar refractivity (Wildman–Crippen MR) is 84.2 cm³/mol. The molecule has 6 heteroatoms. The number of hydrogen-bond donors (Lipinski definition) is 2. The Morgan fingerprint density at radius 2 is 1.57 bits per heavy atom. The van der Waals surface area contributed by atoms with Gasteiger partial charge in [0.05, 0.1) is 5.69 Å². The van der Waals surface area contributed by atoms with Crippen LogP contribution in [0.25, 0.3) is 0 Å². The minimum Gasteiger partial charge on any atom is -0.325 e. The molecule has 0 spiro atoms. The molecule has 2 aromatic carbocycles. The third kappa shape index (κ3) is 4.35. The van der Waals surface area contributed by atoms with Gasteiger partial charge in [-0.3, -0.25) is 9.59 Å². The molecule has 2 N–H and O–H groups in total. The lowest BCUT2D eigenvalue weighted by Crippen LogP contribution is -2.22. The summed E-state index contributed by atoms with van der Waals surface area (Å²) in [6, 6.07) is 8.34. The van der Waals surface area contributed by atoms with Crippen LogP contribution in [0.1, 0.15) is 17.5 Å². The molecule has 0 fully saturated rings. The van der Waals surface area contributed by atoms with Crippen molar-refractivity contribution in [3.63, 3.8) is 0 Å². The monoisotopic (exact) mass is 318 g/mol. The molecule has 0 aromatic heterocycles. The van der Waals surface area contributed by atoms with Crippen molar-refractivity contribution in [3.05, 3.63) is 59.2 Å². The Morgan fingerprint density at radius 3 is 2.17 bits per heavy atom. The van der Waals surface area contributed by atoms with Crippen molar-refractivity contribution in [2.24, 2.45) is 0 Å². The minimum absolute atomic E-state index is 0.170. The van der Waals surface area contributed by atoms with Crippen LogP contribution in [0.4, 0.5) is 20.2 Å². The molecule has 2 aromatic rings. The van der Waals surface area contributed by atoms with E-state index < -0.39 is 29.9 Å². The second-order valence-corrected chi connectivity index (χ2v) is 5.16. The first kappa shape index (κ1) is 16.6. The number of hydrogen-bond acceptors (Lipinski definition) is 2. The number of aryl methyl sites for hydroxylation is 2. The summed E-state index contributed by atoms with van der Waals surface area (Å²) in [4.78, 5) is 23.7. The van der Waals surface area contributed by atoms with Gasteiger partial charge in [-0.1, -0.05) is 18.2 Å². The second kappa shape index (κ2) is 7.00. The van der Waals surface area contributed by atoms with E-state index >= 15 is 0 Å². The summed E-state index contributed by atoms with van der Waals surface area (Å²) >= 11 is 0. The Kier molecular flexibility index (Phi) is 5.05. The zero-order chi connectivity index (χ0) is 17.0. The predicted octanol–water partition coefficient (Wildman–Crippen LogP) is 3.55. The van der Waals surface area contributed by atoms with Crippen LogP contribution in [-0.2, 0) is 9.59 Å². The molecule has 4 nitrogen and oxygen atoms in total. The van der Waals surface area contributed by atoms with Gasteiger partial charge >= 0.3 is 0 Å². The van der Waals surface area contributed by atoms with Crippen LogP contribution >= 0.6 is 0 Å². The molecule has 0 saturated heterocycles. The number of rotatable bonds is 4. The SMILES string of the molecule is Cc1cccc(C)c1NC(=O)CC(=O)Nc1ccc(F)cc1F. The van der Waals surface area contributed by atoms with Crippen molar-refractivity contribution in [3.8, 4) is 0 Å². The maximum atomic E-state index is 13.4. The van der Waals surface area contributed by atoms with E-state index in [1.165, 1.54) is 0 Å². The minimum atomic E-state index is -0.895. The van der Waals surface area contributed by atoms with Crippen LogP contribution in [0.15, 0.2) is 36.4 Å².